The van der Waals surface area contributed by atoms with Crippen LogP contribution in [0, 0.1) is 0 Å². The van der Waals surface area contributed by atoms with Gasteiger partial charge in [0.05, 0.1) is 12.4 Å². The standard InChI is InChI=1S/C18H19ClN5O2/c19-24-11-6-20-12-16(24)17(21-14-24)22-7-9-23(10-8-22)18(25)26-13-15-4-2-1-3-5-15/h1-6,11-12,14H,7-10,13H2/q+1. The van der Waals surface area contributed by atoms with Gasteiger partial charge in [-0.25, -0.2) is 4.79 Å². The quantitative estimate of drug-likeness (QED) is 0.766. The summed E-state index contributed by atoms with van der Waals surface area (Å²) in [6.07, 6.45) is 6.55. The van der Waals surface area contributed by atoms with Crippen LogP contribution in [0.2, 0.25) is 0 Å². The number of hydrogen-bond acceptors (Lipinski definition) is 5. The monoisotopic (exact) mass is 372 g/mol. The van der Waals surface area contributed by atoms with Gasteiger partial charge in [-0.2, -0.15) is 4.99 Å². The Bertz CT molecular complexity index is 812. The number of amides is 1. The minimum absolute atomic E-state index is 0.0121. The molecule has 1 fully saturated rings. The zero-order valence-electron chi connectivity index (χ0n) is 14.2. The topological polar surface area (TPSA) is 57.5 Å². The molecule has 1 amide bonds. The number of fused-ring (bicyclic) bond motifs is 1. The summed E-state index contributed by atoms with van der Waals surface area (Å²) in [7, 11) is 0. The van der Waals surface area contributed by atoms with Gasteiger partial charge >= 0.3 is 6.09 Å². The van der Waals surface area contributed by atoms with Crippen LogP contribution in [0.25, 0.3) is 0 Å². The van der Waals surface area contributed by atoms with Crippen molar-refractivity contribution in [3.05, 3.63) is 59.8 Å². The van der Waals surface area contributed by atoms with E-state index >= 15 is 0 Å². The average molecular weight is 373 g/mol. The Balaban J connectivity index is 1.34. The van der Waals surface area contributed by atoms with Crippen molar-refractivity contribution in [2.24, 2.45) is 9.98 Å². The molecule has 8 heteroatoms. The minimum Gasteiger partial charge on any atom is -0.445 e. The van der Waals surface area contributed by atoms with Gasteiger partial charge < -0.3 is 14.5 Å². The summed E-state index contributed by atoms with van der Waals surface area (Å²) in [5.74, 6) is 0.811. The lowest BCUT2D eigenvalue weighted by molar-refractivity contribution is -0.592. The number of carbonyl (C=O) groups is 1. The summed E-state index contributed by atoms with van der Waals surface area (Å²) in [4.78, 5) is 24.7. The molecule has 0 saturated carbocycles. The van der Waals surface area contributed by atoms with Crippen LogP contribution in [0.3, 0.4) is 0 Å². The van der Waals surface area contributed by atoms with E-state index in [2.05, 4.69) is 14.9 Å². The normalized spacial score (nSPS) is 24.2. The number of rotatable bonds is 3. The number of carbonyl (C=O) groups excluding carboxylic acids is 1. The molecule has 1 saturated heterocycles. The van der Waals surface area contributed by atoms with Crippen molar-refractivity contribution in [3.8, 4) is 0 Å². The van der Waals surface area contributed by atoms with Crippen LogP contribution >= 0.6 is 11.8 Å². The highest BCUT2D eigenvalue weighted by Gasteiger charge is 2.40. The Morgan fingerprint density at radius 1 is 1.19 bits per heavy atom. The number of piperazine rings is 1. The highest BCUT2D eigenvalue weighted by atomic mass is 35.5. The maximum absolute atomic E-state index is 12.3. The largest absolute Gasteiger partial charge is 0.445 e. The first kappa shape index (κ1) is 16.8. The van der Waals surface area contributed by atoms with Gasteiger partial charge in [0, 0.05) is 26.2 Å². The minimum atomic E-state index is -0.286. The van der Waals surface area contributed by atoms with Gasteiger partial charge in [0.25, 0.3) is 0 Å². The number of nitrogens with zero attached hydrogens (tertiary/aromatic N) is 5. The van der Waals surface area contributed by atoms with Gasteiger partial charge in [0.2, 0.25) is 12.0 Å². The van der Waals surface area contributed by atoms with Crippen molar-refractivity contribution in [1.82, 2.24) is 9.80 Å². The highest BCUT2D eigenvalue weighted by Crippen LogP contribution is 2.32. The Hall–Kier alpha value is -2.64. The lowest BCUT2D eigenvalue weighted by Crippen LogP contribution is -2.48. The van der Waals surface area contributed by atoms with Crippen LogP contribution in [0.15, 0.2) is 64.2 Å². The fourth-order valence-corrected chi connectivity index (χ4v) is 3.30. The van der Waals surface area contributed by atoms with E-state index in [-0.39, 0.29) is 16.7 Å². The number of halogens is 1. The van der Waals surface area contributed by atoms with E-state index in [1.54, 1.807) is 29.9 Å². The van der Waals surface area contributed by atoms with E-state index in [4.69, 9.17) is 16.5 Å². The van der Waals surface area contributed by atoms with E-state index in [1.807, 2.05) is 30.3 Å². The molecule has 0 aromatic heterocycles. The number of allylic oxidation sites excluding steroid dienone is 1. The maximum Gasteiger partial charge on any atom is 0.410 e. The Labute approximate surface area is 156 Å². The zero-order chi connectivity index (χ0) is 18.0. The molecule has 3 aliphatic rings. The van der Waals surface area contributed by atoms with Gasteiger partial charge in [-0.1, -0.05) is 30.3 Å². The van der Waals surface area contributed by atoms with Crippen LogP contribution in [-0.2, 0) is 11.3 Å². The van der Waals surface area contributed by atoms with Crippen LogP contribution in [-0.4, -0.2) is 58.6 Å². The summed E-state index contributed by atoms with van der Waals surface area (Å²) in [6.45, 7) is 2.79. The van der Waals surface area contributed by atoms with Crippen LogP contribution in [0.5, 0.6) is 0 Å². The van der Waals surface area contributed by atoms with E-state index in [1.165, 1.54) is 0 Å². The van der Waals surface area contributed by atoms with Gasteiger partial charge in [0.1, 0.15) is 12.8 Å². The predicted octanol–water partition coefficient (Wildman–Crippen LogP) is 2.68. The van der Waals surface area contributed by atoms with E-state index in [0.717, 1.165) is 17.1 Å². The summed E-state index contributed by atoms with van der Waals surface area (Å²) in [5.41, 5.74) is 1.81. The van der Waals surface area contributed by atoms with E-state index < -0.39 is 0 Å². The highest BCUT2D eigenvalue weighted by molar-refractivity contribution is 6.14. The number of ether oxygens (including phenoxy) is 1. The lowest BCUT2D eigenvalue weighted by Gasteiger charge is -2.34. The van der Waals surface area contributed by atoms with Crippen molar-refractivity contribution in [1.29, 1.82) is 0 Å². The molecule has 0 radical (unpaired) electrons. The molecule has 1 aromatic rings. The summed E-state index contributed by atoms with van der Waals surface area (Å²) < 4.78 is 5.41. The van der Waals surface area contributed by atoms with Crippen molar-refractivity contribution in [2.45, 2.75) is 6.61 Å². The van der Waals surface area contributed by atoms with Crippen LogP contribution in [0.4, 0.5) is 4.79 Å². The molecule has 0 N–H and O–H groups in total. The third-order valence-corrected chi connectivity index (χ3v) is 4.94. The molecule has 1 unspecified atom stereocenters. The molecule has 134 valence electrons. The van der Waals surface area contributed by atoms with Gasteiger partial charge in [-0.15, -0.1) is 4.00 Å². The Morgan fingerprint density at radius 2 is 1.96 bits per heavy atom. The van der Waals surface area contributed by atoms with E-state index in [9.17, 15) is 4.79 Å². The summed E-state index contributed by atoms with van der Waals surface area (Å²) >= 11 is 6.51. The molecule has 26 heavy (non-hydrogen) atoms. The SMILES string of the molecule is O=C(OCc1ccccc1)N1CCN(C2=C3C=NC=C[N+]3(Cl)C=N2)CC1. The summed E-state index contributed by atoms with van der Waals surface area (Å²) in [6, 6.07) is 9.67. The Morgan fingerprint density at radius 3 is 2.73 bits per heavy atom. The van der Waals surface area contributed by atoms with Gasteiger partial charge in [0.15, 0.2) is 17.6 Å². The molecule has 1 atom stereocenters. The fourth-order valence-electron chi connectivity index (χ4n) is 3.09. The molecule has 3 heterocycles. The second-order valence-electron chi connectivity index (χ2n) is 6.23. The van der Waals surface area contributed by atoms with Crippen molar-refractivity contribution < 1.29 is 13.5 Å². The van der Waals surface area contributed by atoms with Gasteiger partial charge in [-0.3, -0.25) is 4.99 Å². The van der Waals surface area contributed by atoms with Crippen LogP contribution < -0.4 is 0 Å². The Kier molecular flexibility index (Phi) is 4.48. The number of benzene rings is 1. The third-order valence-electron chi connectivity index (χ3n) is 4.56. The second-order valence-corrected chi connectivity index (χ2v) is 6.79. The smallest absolute Gasteiger partial charge is 0.410 e. The lowest BCUT2D eigenvalue weighted by atomic mass is 10.2. The molecule has 0 bridgehead atoms. The number of aliphatic imine (C=N–C) groups is 2. The van der Waals surface area contributed by atoms with Crippen molar-refractivity contribution in [3.63, 3.8) is 0 Å². The molecular weight excluding hydrogens is 354 g/mol. The third kappa shape index (κ3) is 3.23. The first-order chi connectivity index (χ1) is 12.7. The average Bonchev–Trinajstić information content (AvgIpc) is 3.04. The van der Waals surface area contributed by atoms with Crippen molar-refractivity contribution in [2.75, 3.05) is 26.2 Å². The molecular formula is C18H19ClN5O2+. The number of quaternary nitrogens is 1. The molecule has 1 aromatic carbocycles. The zero-order valence-corrected chi connectivity index (χ0v) is 14.9. The molecule has 0 aliphatic carbocycles. The molecule has 0 spiro atoms. The number of hydrogen-bond donors (Lipinski definition) is 0. The first-order valence-corrected chi connectivity index (χ1v) is 8.79. The van der Waals surface area contributed by atoms with E-state index in [0.29, 0.717) is 26.2 Å². The summed E-state index contributed by atoms with van der Waals surface area (Å²) in [5, 5.41) is 0. The first-order valence-electron chi connectivity index (χ1n) is 8.45. The van der Waals surface area contributed by atoms with Crippen molar-refractivity contribution >= 4 is 30.4 Å². The molecule has 3 aliphatic heterocycles. The van der Waals surface area contributed by atoms with Gasteiger partial charge in [-0.05, 0) is 5.56 Å². The maximum atomic E-state index is 12.3. The van der Waals surface area contributed by atoms with Crippen LogP contribution in [0.1, 0.15) is 5.56 Å². The fraction of sp³-hybridized carbons (Fsp3) is 0.278. The second kappa shape index (κ2) is 6.93. The molecule has 4 rings (SSSR count). The molecule has 7 nitrogen and oxygen atoms in total. The predicted molar refractivity (Wildman–Crippen MR) is 99.0 cm³/mol.